The molecule has 0 fully saturated rings. The first-order chi connectivity index (χ1) is 9.54. The lowest BCUT2D eigenvalue weighted by Crippen LogP contribution is -2.07. The van der Waals surface area contributed by atoms with Crippen LogP contribution in [-0.2, 0) is 0 Å². The Morgan fingerprint density at radius 1 is 1.20 bits per heavy atom. The number of anilines is 1. The summed E-state index contributed by atoms with van der Waals surface area (Å²) in [4.78, 5) is 5.59. The number of benzene rings is 1. The van der Waals surface area contributed by atoms with E-state index in [9.17, 15) is 0 Å². The van der Waals surface area contributed by atoms with Gasteiger partial charge in [0.25, 0.3) is 0 Å². The molecule has 0 bridgehead atoms. The molecule has 0 amide bonds. The van der Waals surface area contributed by atoms with E-state index in [0.29, 0.717) is 24.1 Å². The van der Waals surface area contributed by atoms with E-state index in [1.807, 2.05) is 36.4 Å². The Balaban J connectivity index is 2.12. The number of nitrogen functional groups attached to an aromatic ring is 1. The molecule has 5 heteroatoms. The van der Waals surface area contributed by atoms with E-state index in [-0.39, 0.29) is 0 Å². The Kier molecular flexibility index (Phi) is 5.31. The standard InChI is InChI=1S/C15H17BrN2OS/c1-10(2)9-19-15-13(17)7-8-14(18-15)20-12-5-3-11(16)4-6-12/h3-8,10H,9,17H2,1-2H3. The average molecular weight is 353 g/mol. The molecule has 0 radical (unpaired) electrons. The Morgan fingerprint density at radius 3 is 2.55 bits per heavy atom. The monoisotopic (exact) mass is 352 g/mol. The summed E-state index contributed by atoms with van der Waals surface area (Å²) in [5.74, 6) is 0.958. The second kappa shape index (κ2) is 6.99. The molecule has 1 heterocycles. The minimum absolute atomic E-state index is 0.444. The lowest BCUT2D eigenvalue weighted by molar-refractivity contribution is 0.261. The van der Waals surface area contributed by atoms with Gasteiger partial charge in [-0.25, -0.2) is 4.98 Å². The summed E-state index contributed by atoms with van der Waals surface area (Å²) in [7, 11) is 0. The van der Waals surface area contributed by atoms with E-state index in [1.54, 1.807) is 11.8 Å². The molecule has 2 rings (SSSR count). The van der Waals surface area contributed by atoms with Crippen LogP contribution in [0.25, 0.3) is 0 Å². The lowest BCUT2D eigenvalue weighted by Gasteiger charge is -2.11. The molecular formula is C15H17BrN2OS. The first kappa shape index (κ1) is 15.2. The largest absolute Gasteiger partial charge is 0.476 e. The predicted molar refractivity (Wildman–Crippen MR) is 87.2 cm³/mol. The molecular weight excluding hydrogens is 336 g/mol. The maximum Gasteiger partial charge on any atom is 0.238 e. The Hall–Kier alpha value is -1.20. The van der Waals surface area contributed by atoms with Gasteiger partial charge < -0.3 is 10.5 Å². The fourth-order valence-electron chi connectivity index (χ4n) is 1.48. The average Bonchev–Trinajstić information content (AvgIpc) is 2.42. The number of ether oxygens (including phenoxy) is 1. The van der Waals surface area contributed by atoms with Gasteiger partial charge in [-0.05, 0) is 42.3 Å². The van der Waals surface area contributed by atoms with Crippen LogP contribution in [0.15, 0.2) is 50.8 Å². The smallest absolute Gasteiger partial charge is 0.238 e. The first-order valence-electron chi connectivity index (χ1n) is 6.37. The summed E-state index contributed by atoms with van der Waals surface area (Å²) in [5.41, 5.74) is 6.46. The van der Waals surface area contributed by atoms with E-state index in [1.165, 1.54) is 0 Å². The van der Waals surface area contributed by atoms with Crippen molar-refractivity contribution in [3.63, 3.8) is 0 Å². The third-order valence-corrected chi connectivity index (χ3v) is 3.93. The van der Waals surface area contributed by atoms with Gasteiger partial charge in [-0.3, -0.25) is 0 Å². The number of nitrogens with zero attached hydrogens (tertiary/aromatic N) is 1. The Labute approximate surface area is 132 Å². The maximum atomic E-state index is 5.89. The first-order valence-corrected chi connectivity index (χ1v) is 7.98. The topological polar surface area (TPSA) is 48.1 Å². The Bertz CT molecular complexity index is 573. The van der Waals surface area contributed by atoms with Crippen molar-refractivity contribution in [1.82, 2.24) is 4.98 Å². The van der Waals surface area contributed by atoms with E-state index in [2.05, 4.69) is 34.8 Å². The number of hydrogen-bond donors (Lipinski definition) is 1. The summed E-state index contributed by atoms with van der Waals surface area (Å²) < 4.78 is 6.70. The van der Waals surface area contributed by atoms with E-state index < -0.39 is 0 Å². The summed E-state index contributed by atoms with van der Waals surface area (Å²) in [6.45, 7) is 4.80. The van der Waals surface area contributed by atoms with Crippen molar-refractivity contribution in [3.05, 3.63) is 40.9 Å². The van der Waals surface area contributed by atoms with Crippen molar-refractivity contribution in [3.8, 4) is 5.88 Å². The fraction of sp³-hybridized carbons (Fsp3) is 0.267. The maximum absolute atomic E-state index is 5.89. The molecule has 0 saturated carbocycles. The lowest BCUT2D eigenvalue weighted by atomic mass is 10.2. The summed E-state index contributed by atoms with van der Waals surface area (Å²) in [5, 5.41) is 0.875. The van der Waals surface area contributed by atoms with E-state index in [4.69, 9.17) is 10.5 Å². The van der Waals surface area contributed by atoms with Crippen molar-refractivity contribution < 1.29 is 4.74 Å². The third kappa shape index (κ3) is 4.42. The molecule has 0 aliphatic carbocycles. The van der Waals surface area contributed by atoms with E-state index in [0.717, 1.165) is 14.4 Å². The highest BCUT2D eigenvalue weighted by atomic mass is 79.9. The van der Waals surface area contributed by atoms with Gasteiger partial charge in [0.1, 0.15) is 5.03 Å². The van der Waals surface area contributed by atoms with Crippen molar-refractivity contribution in [2.45, 2.75) is 23.8 Å². The number of hydrogen-bond acceptors (Lipinski definition) is 4. The highest BCUT2D eigenvalue weighted by Gasteiger charge is 2.07. The molecule has 2 aromatic rings. The highest BCUT2D eigenvalue weighted by Crippen LogP contribution is 2.30. The molecule has 2 N–H and O–H groups in total. The van der Waals surface area contributed by atoms with Crippen LogP contribution in [0.2, 0.25) is 0 Å². The second-order valence-corrected chi connectivity index (χ2v) is 6.81. The van der Waals surface area contributed by atoms with Gasteiger partial charge in [0.2, 0.25) is 5.88 Å². The summed E-state index contributed by atoms with van der Waals surface area (Å²) in [6.07, 6.45) is 0. The van der Waals surface area contributed by atoms with Gasteiger partial charge >= 0.3 is 0 Å². The quantitative estimate of drug-likeness (QED) is 0.853. The van der Waals surface area contributed by atoms with Crippen LogP contribution in [-0.4, -0.2) is 11.6 Å². The number of aromatic nitrogens is 1. The van der Waals surface area contributed by atoms with Crippen molar-refractivity contribution in [2.24, 2.45) is 5.92 Å². The van der Waals surface area contributed by atoms with Crippen LogP contribution in [0.4, 0.5) is 5.69 Å². The van der Waals surface area contributed by atoms with Gasteiger partial charge in [0.15, 0.2) is 0 Å². The number of pyridine rings is 1. The number of halogens is 1. The second-order valence-electron chi connectivity index (χ2n) is 4.80. The van der Waals surface area contributed by atoms with Gasteiger partial charge in [0.05, 0.1) is 12.3 Å². The normalized spacial score (nSPS) is 10.8. The molecule has 0 saturated heterocycles. The van der Waals surface area contributed by atoms with Gasteiger partial charge in [-0.1, -0.05) is 41.5 Å². The van der Waals surface area contributed by atoms with Crippen LogP contribution in [0.1, 0.15) is 13.8 Å². The van der Waals surface area contributed by atoms with Crippen LogP contribution >= 0.6 is 27.7 Å². The zero-order chi connectivity index (χ0) is 14.5. The molecule has 106 valence electrons. The molecule has 0 unspecified atom stereocenters. The molecule has 3 nitrogen and oxygen atoms in total. The van der Waals surface area contributed by atoms with E-state index >= 15 is 0 Å². The molecule has 0 aliphatic heterocycles. The molecule has 1 aromatic carbocycles. The van der Waals surface area contributed by atoms with Gasteiger partial charge in [-0.15, -0.1) is 0 Å². The van der Waals surface area contributed by atoms with Crippen LogP contribution in [0, 0.1) is 5.92 Å². The highest BCUT2D eigenvalue weighted by molar-refractivity contribution is 9.10. The minimum Gasteiger partial charge on any atom is -0.476 e. The molecule has 0 atom stereocenters. The molecule has 0 spiro atoms. The van der Waals surface area contributed by atoms with Crippen LogP contribution < -0.4 is 10.5 Å². The van der Waals surface area contributed by atoms with Gasteiger partial charge in [0, 0.05) is 9.37 Å². The van der Waals surface area contributed by atoms with Crippen molar-refractivity contribution in [2.75, 3.05) is 12.3 Å². The van der Waals surface area contributed by atoms with Crippen LogP contribution in [0.5, 0.6) is 5.88 Å². The summed E-state index contributed by atoms with van der Waals surface area (Å²) in [6, 6.07) is 11.8. The van der Waals surface area contributed by atoms with Crippen molar-refractivity contribution >= 4 is 33.4 Å². The fourth-order valence-corrected chi connectivity index (χ4v) is 2.52. The molecule has 20 heavy (non-hydrogen) atoms. The SMILES string of the molecule is CC(C)COc1nc(Sc2ccc(Br)cc2)ccc1N. The number of rotatable bonds is 5. The van der Waals surface area contributed by atoms with Crippen LogP contribution in [0.3, 0.4) is 0 Å². The summed E-state index contributed by atoms with van der Waals surface area (Å²) >= 11 is 5.01. The van der Waals surface area contributed by atoms with Crippen molar-refractivity contribution in [1.29, 1.82) is 0 Å². The Morgan fingerprint density at radius 2 is 1.90 bits per heavy atom. The zero-order valence-electron chi connectivity index (χ0n) is 11.5. The number of nitrogens with two attached hydrogens (primary N) is 1. The zero-order valence-corrected chi connectivity index (χ0v) is 13.9. The third-order valence-electron chi connectivity index (χ3n) is 2.45. The predicted octanol–water partition coefficient (Wildman–Crippen LogP) is 4.61. The van der Waals surface area contributed by atoms with Gasteiger partial charge in [-0.2, -0.15) is 0 Å². The molecule has 0 aliphatic rings. The molecule has 1 aromatic heterocycles. The minimum atomic E-state index is 0.444.